The number of methoxy groups -OCH3 is 1. The number of ether oxygens (including phenoxy) is 2. The Labute approximate surface area is 185 Å². The molecule has 2 aromatic rings. The molecule has 0 radical (unpaired) electrons. The van der Waals surface area contributed by atoms with E-state index in [0.717, 1.165) is 44.1 Å². The van der Waals surface area contributed by atoms with E-state index in [1.165, 1.54) is 18.4 Å². The van der Waals surface area contributed by atoms with Crippen molar-refractivity contribution < 1.29 is 24.2 Å². The Hall–Kier alpha value is -2.68. The Kier molecular flexibility index (Phi) is 6.70. The van der Waals surface area contributed by atoms with Crippen molar-refractivity contribution in [1.82, 2.24) is 9.80 Å². The minimum atomic E-state index is -0.659. The first-order chi connectivity index (χ1) is 15.1. The van der Waals surface area contributed by atoms with Crippen LogP contribution in [0, 0.1) is 0 Å². The minimum Gasteiger partial charge on any atom is -0.507 e. The molecule has 0 aliphatic carbocycles. The number of rotatable bonds is 7. The van der Waals surface area contributed by atoms with Crippen molar-refractivity contribution in [2.24, 2.45) is 0 Å². The molecule has 0 bridgehead atoms. The van der Waals surface area contributed by atoms with Gasteiger partial charge in [0.15, 0.2) is 0 Å². The van der Waals surface area contributed by atoms with Crippen LogP contribution in [-0.4, -0.2) is 73.1 Å². The summed E-state index contributed by atoms with van der Waals surface area (Å²) in [7, 11) is 1.51. The van der Waals surface area contributed by atoms with Crippen LogP contribution in [0.4, 0.5) is 0 Å². The number of carbonyl (C=O) groups excluding carboxylic acids is 2. The van der Waals surface area contributed by atoms with E-state index in [-0.39, 0.29) is 11.3 Å². The van der Waals surface area contributed by atoms with Crippen LogP contribution in [0.15, 0.2) is 47.4 Å². The molecule has 2 saturated heterocycles. The second kappa shape index (κ2) is 9.64. The largest absolute Gasteiger partial charge is 0.507 e. The molecule has 8 heteroatoms. The Morgan fingerprint density at radius 1 is 1.16 bits per heavy atom. The van der Waals surface area contributed by atoms with Crippen molar-refractivity contribution in [3.63, 3.8) is 0 Å². The second-order valence-corrected chi connectivity index (χ2v) is 8.50. The number of amides is 1. The van der Waals surface area contributed by atoms with Gasteiger partial charge in [0.1, 0.15) is 11.5 Å². The van der Waals surface area contributed by atoms with E-state index < -0.39 is 17.7 Å². The number of hydrogen-bond acceptors (Lipinski definition) is 7. The summed E-state index contributed by atoms with van der Waals surface area (Å²) in [6, 6.07) is 10.1. The predicted octanol–water partition coefficient (Wildman–Crippen LogP) is 2.90. The van der Waals surface area contributed by atoms with Gasteiger partial charge in [0, 0.05) is 31.1 Å². The first-order valence-corrected chi connectivity index (χ1v) is 11.2. The molecule has 31 heavy (non-hydrogen) atoms. The molecule has 2 aliphatic rings. The summed E-state index contributed by atoms with van der Waals surface area (Å²) >= 11 is 1.47. The molecule has 0 spiro atoms. The number of nitrogens with zero attached hydrogens (tertiary/aromatic N) is 2. The number of likely N-dealkylation sites (tertiary alicyclic amines) is 1. The van der Waals surface area contributed by atoms with Crippen molar-refractivity contribution in [3.05, 3.63) is 57.8 Å². The molecular formula is C23H26N2O5S. The number of ketones is 1. The lowest BCUT2D eigenvalue weighted by atomic mass is 9.99. The van der Waals surface area contributed by atoms with Gasteiger partial charge in [-0.2, -0.15) is 0 Å². The standard InChI is InChI=1S/C23H26N2O5S/c1-29-17-7-3-2-6-16(17)21(26)19-20(18-8-4-15-31-18)25(23(28)22(19)27)10-5-9-24-11-13-30-14-12-24/h2-4,6-8,15,20,26H,5,9-14H2,1H3/b21-19+. The van der Waals surface area contributed by atoms with Gasteiger partial charge in [-0.25, -0.2) is 0 Å². The first-order valence-electron chi connectivity index (χ1n) is 10.4. The van der Waals surface area contributed by atoms with Gasteiger partial charge in [0.05, 0.1) is 37.5 Å². The monoisotopic (exact) mass is 442 g/mol. The number of benzene rings is 1. The highest BCUT2D eigenvalue weighted by Crippen LogP contribution is 2.42. The average Bonchev–Trinajstić information content (AvgIpc) is 3.42. The molecule has 2 aliphatic heterocycles. The SMILES string of the molecule is COc1ccccc1/C(O)=C1\C(=O)C(=O)N(CCCN2CCOCC2)C1c1cccs1. The number of para-hydroxylation sites is 1. The summed E-state index contributed by atoms with van der Waals surface area (Å²) < 4.78 is 10.7. The molecule has 164 valence electrons. The number of morpholine rings is 1. The molecule has 1 aromatic carbocycles. The van der Waals surface area contributed by atoms with E-state index in [1.807, 2.05) is 17.5 Å². The molecular weight excluding hydrogens is 416 g/mol. The summed E-state index contributed by atoms with van der Waals surface area (Å²) in [5, 5.41) is 13.0. The fraction of sp³-hybridized carbons (Fsp3) is 0.391. The number of aliphatic hydroxyl groups is 1. The molecule has 2 fully saturated rings. The van der Waals surface area contributed by atoms with Gasteiger partial charge in [-0.05, 0) is 30.0 Å². The molecule has 1 N–H and O–H groups in total. The van der Waals surface area contributed by atoms with E-state index in [0.29, 0.717) is 17.9 Å². The van der Waals surface area contributed by atoms with Crippen molar-refractivity contribution >= 4 is 28.8 Å². The molecule has 7 nitrogen and oxygen atoms in total. The van der Waals surface area contributed by atoms with Crippen LogP contribution in [0.25, 0.3) is 5.76 Å². The number of carbonyl (C=O) groups is 2. The molecule has 0 saturated carbocycles. The highest BCUT2D eigenvalue weighted by atomic mass is 32.1. The van der Waals surface area contributed by atoms with Crippen LogP contribution in [0.3, 0.4) is 0 Å². The van der Waals surface area contributed by atoms with E-state index in [1.54, 1.807) is 29.2 Å². The van der Waals surface area contributed by atoms with Crippen molar-refractivity contribution in [1.29, 1.82) is 0 Å². The van der Waals surface area contributed by atoms with Crippen LogP contribution in [0.2, 0.25) is 0 Å². The van der Waals surface area contributed by atoms with Crippen LogP contribution < -0.4 is 4.74 Å². The smallest absolute Gasteiger partial charge is 0.295 e. The lowest BCUT2D eigenvalue weighted by Crippen LogP contribution is -2.38. The maximum Gasteiger partial charge on any atom is 0.295 e. The molecule has 1 aromatic heterocycles. The summed E-state index contributed by atoms with van der Waals surface area (Å²) in [6.45, 7) is 4.46. The fourth-order valence-electron chi connectivity index (χ4n) is 4.13. The Balaban J connectivity index is 1.65. The number of Topliss-reactive ketones (excluding diaryl/α,β-unsaturated/α-hetero) is 1. The molecule has 1 unspecified atom stereocenters. The van der Waals surface area contributed by atoms with Gasteiger partial charge in [-0.15, -0.1) is 11.3 Å². The average molecular weight is 443 g/mol. The summed E-state index contributed by atoms with van der Waals surface area (Å²) in [6.07, 6.45) is 0.740. The third-order valence-electron chi connectivity index (χ3n) is 5.69. The molecule has 1 amide bonds. The lowest BCUT2D eigenvalue weighted by molar-refractivity contribution is -0.140. The second-order valence-electron chi connectivity index (χ2n) is 7.52. The van der Waals surface area contributed by atoms with Gasteiger partial charge in [0.2, 0.25) is 0 Å². The maximum absolute atomic E-state index is 13.0. The minimum absolute atomic E-state index is 0.114. The van der Waals surface area contributed by atoms with Gasteiger partial charge >= 0.3 is 0 Å². The van der Waals surface area contributed by atoms with Crippen LogP contribution in [-0.2, 0) is 14.3 Å². The van der Waals surface area contributed by atoms with Crippen molar-refractivity contribution in [2.45, 2.75) is 12.5 Å². The highest BCUT2D eigenvalue weighted by Gasteiger charge is 2.46. The topological polar surface area (TPSA) is 79.3 Å². The van der Waals surface area contributed by atoms with Crippen LogP contribution >= 0.6 is 11.3 Å². The van der Waals surface area contributed by atoms with Gasteiger partial charge < -0.3 is 19.5 Å². The van der Waals surface area contributed by atoms with E-state index in [9.17, 15) is 14.7 Å². The first kappa shape index (κ1) is 21.5. The normalized spacial score (nSPS) is 21.6. The number of thiophene rings is 1. The maximum atomic E-state index is 13.0. The van der Waals surface area contributed by atoms with Crippen LogP contribution in [0.5, 0.6) is 5.75 Å². The molecule has 4 rings (SSSR count). The molecule has 1 atom stereocenters. The Morgan fingerprint density at radius 2 is 1.94 bits per heavy atom. The zero-order valence-corrected chi connectivity index (χ0v) is 18.3. The van der Waals surface area contributed by atoms with Gasteiger partial charge in [-0.1, -0.05) is 18.2 Å². The number of hydrogen-bond donors (Lipinski definition) is 1. The Morgan fingerprint density at radius 3 is 2.65 bits per heavy atom. The van der Waals surface area contributed by atoms with Crippen molar-refractivity contribution in [2.75, 3.05) is 46.5 Å². The molecule has 3 heterocycles. The third-order valence-corrected chi connectivity index (χ3v) is 6.62. The van der Waals surface area contributed by atoms with Gasteiger partial charge in [0.25, 0.3) is 11.7 Å². The fourth-order valence-corrected chi connectivity index (χ4v) is 4.97. The number of aliphatic hydroxyl groups excluding tert-OH is 1. The third kappa shape index (κ3) is 4.37. The zero-order chi connectivity index (χ0) is 21.8. The van der Waals surface area contributed by atoms with Gasteiger partial charge in [-0.3, -0.25) is 14.5 Å². The van der Waals surface area contributed by atoms with Crippen LogP contribution in [0.1, 0.15) is 22.9 Å². The summed E-state index contributed by atoms with van der Waals surface area (Å²) in [5.74, 6) is -0.988. The van der Waals surface area contributed by atoms with E-state index in [2.05, 4.69) is 4.90 Å². The Bertz CT molecular complexity index is 966. The van der Waals surface area contributed by atoms with Crippen molar-refractivity contribution in [3.8, 4) is 5.75 Å². The van der Waals surface area contributed by atoms with E-state index >= 15 is 0 Å². The summed E-state index contributed by atoms with van der Waals surface area (Å²) in [4.78, 5) is 30.7. The van der Waals surface area contributed by atoms with E-state index in [4.69, 9.17) is 9.47 Å². The highest BCUT2D eigenvalue weighted by molar-refractivity contribution is 7.10. The predicted molar refractivity (Wildman–Crippen MR) is 118 cm³/mol. The zero-order valence-electron chi connectivity index (χ0n) is 17.5. The summed E-state index contributed by atoms with van der Waals surface area (Å²) in [5.41, 5.74) is 0.515. The quantitative estimate of drug-likeness (QED) is 0.404. The lowest BCUT2D eigenvalue weighted by Gasteiger charge is -2.28.